The van der Waals surface area contributed by atoms with Crippen LogP contribution in [0.2, 0.25) is 0 Å². The molecule has 0 aromatic heterocycles. The van der Waals surface area contributed by atoms with Gasteiger partial charge in [-0.2, -0.15) is 5.10 Å². The predicted octanol–water partition coefficient (Wildman–Crippen LogP) is 1.78. The van der Waals surface area contributed by atoms with Crippen molar-refractivity contribution in [2.75, 3.05) is 12.4 Å². The van der Waals surface area contributed by atoms with Gasteiger partial charge in [0.25, 0.3) is 0 Å². The van der Waals surface area contributed by atoms with Crippen molar-refractivity contribution in [3.63, 3.8) is 0 Å². The molecule has 6 nitrogen and oxygen atoms in total. The lowest BCUT2D eigenvalue weighted by Crippen LogP contribution is -2.32. The SMILES string of the molecule is COc1cccc(NC(=O)C(=O)N/N=C\c2ccccc2)c1. The quantitative estimate of drug-likeness (QED) is 0.513. The first kappa shape index (κ1) is 15.2. The lowest BCUT2D eigenvalue weighted by molar-refractivity contribution is -0.136. The maximum Gasteiger partial charge on any atom is 0.329 e. The molecule has 0 saturated carbocycles. The molecule has 22 heavy (non-hydrogen) atoms. The van der Waals surface area contributed by atoms with Gasteiger partial charge >= 0.3 is 11.8 Å². The standard InChI is InChI=1S/C16H15N3O3/c1-22-14-9-5-8-13(10-14)18-15(20)16(21)19-17-11-12-6-3-2-4-7-12/h2-11H,1H3,(H,18,20)(H,19,21)/b17-11-. The Morgan fingerprint density at radius 1 is 1.05 bits per heavy atom. The highest BCUT2D eigenvalue weighted by Crippen LogP contribution is 2.16. The van der Waals surface area contributed by atoms with E-state index in [0.717, 1.165) is 5.56 Å². The molecule has 2 aromatic carbocycles. The number of amides is 2. The summed E-state index contributed by atoms with van der Waals surface area (Å²) in [5.74, 6) is -1.08. The Morgan fingerprint density at radius 2 is 1.82 bits per heavy atom. The second kappa shape index (κ2) is 7.58. The minimum Gasteiger partial charge on any atom is -0.497 e. The third-order valence-corrected chi connectivity index (χ3v) is 2.71. The minimum atomic E-state index is -0.852. The van der Waals surface area contributed by atoms with Crippen LogP contribution in [0.1, 0.15) is 5.56 Å². The number of carbonyl (C=O) groups excluding carboxylic acids is 2. The summed E-state index contributed by atoms with van der Waals surface area (Å²) in [5, 5.41) is 6.19. The molecule has 0 aliphatic heterocycles. The van der Waals surface area contributed by atoms with Crippen LogP contribution in [-0.4, -0.2) is 25.1 Å². The molecule has 2 aromatic rings. The van der Waals surface area contributed by atoms with Crippen LogP contribution in [0.25, 0.3) is 0 Å². The zero-order chi connectivity index (χ0) is 15.8. The highest BCUT2D eigenvalue weighted by atomic mass is 16.5. The number of anilines is 1. The smallest absolute Gasteiger partial charge is 0.329 e. The third-order valence-electron chi connectivity index (χ3n) is 2.71. The van der Waals surface area contributed by atoms with E-state index in [1.165, 1.54) is 13.3 Å². The Labute approximate surface area is 127 Å². The number of nitrogens with one attached hydrogen (secondary N) is 2. The Hall–Kier alpha value is -3.15. The molecule has 2 N–H and O–H groups in total. The van der Waals surface area contributed by atoms with Crippen LogP contribution in [0.5, 0.6) is 5.75 Å². The van der Waals surface area contributed by atoms with E-state index in [1.54, 1.807) is 24.3 Å². The molecule has 2 rings (SSSR count). The average molecular weight is 297 g/mol. The molecule has 0 aliphatic rings. The van der Waals surface area contributed by atoms with Crippen LogP contribution in [0.4, 0.5) is 5.69 Å². The Morgan fingerprint density at radius 3 is 2.55 bits per heavy atom. The maximum atomic E-state index is 11.7. The molecular weight excluding hydrogens is 282 g/mol. The second-order valence-corrected chi connectivity index (χ2v) is 4.30. The summed E-state index contributed by atoms with van der Waals surface area (Å²) in [7, 11) is 1.52. The third kappa shape index (κ3) is 4.45. The number of methoxy groups -OCH3 is 1. The van der Waals surface area contributed by atoms with Crippen molar-refractivity contribution in [3.8, 4) is 5.75 Å². The van der Waals surface area contributed by atoms with E-state index >= 15 is 0 Å². The van der Waals surface area contributed by atoms with E-state index < -0.39 is 11.8 Å². The Kier molecular flexibility index (Phi) is 5.25. The van der Waals surface area contributed by atoms with Gasteiger partial charge in [0.1, 0.15) is 5.75 Å². The van der Waals surface area contributed by atoms with Crippen LogP contribution in [0.3, 0.4) is 0 Å². The molecular formula is C16H15N3O3. The fourth-order valence-corrected chi connectivity index (χ4v) is 1.64. The first-order valence-corrected chi connectivity index (χ1v) is 6.52. The molecule has 0 spiro atoms. The topological polar surface area (TPSA) is 79.8 Å². The van der Waals surface area contributed by atoms with Gasteiger partial charge in [-0.15, -0.1) is 0 Å². The van der Waals surface area contributed by atoms with E-state index in [1.807, 2.05) is 30.3 Å². The average Bonchev–Trinajstić information content (AvgIpc) is 2.56. The summed E-state index contributed by atoms with van der Waals surface area (Å²) in [5.41, 5.74) is 3.45. The molecule has 0 saturated heterocycles. The van der Waals surface area contributed by atoms with Gasteiger partial charge in [0.05, 0.1) is 13.3 Å². The molecule has 6 heteroatoms. The van der Waals surface area contributed by atoms with Crippen molar-refractivity contribution < 1.29 is 14.3 Å². The van der Waals surface area contributed by atoms with E-state index in [-0.39, 0.29) is 0 Å². The second-order valence-electron chi connectivity index (χ2n) is 4.30. The molecule has 0 unspecified atom stereocenters. The number of hydrogen-bond donors (Lipinski definition) is 2. The van der Waals surface area contributed by atoms with Crippen molar-refractivity contribution in [1.29, 1.82) is 0 Å². The molecule has 0 aliphatic carbocycles. The first-order chi connectivity index (χ1) is 10.7. The van der Waals surface area contributed by atoms with Gasteiger partial charge in [0.2, 0.25) is 0 Å². The number of ether oxygens (including phenoxy) is 1. The molecule has 0 fully saturated rings. The van der Waals surface area contributed by atoms with E-state index in [0.29, 0.717) is 11.4 Å². The zero-order valence-corrected chi connectivity index (χ0v) is 11.9. The maximum absolute atomic E-state index is 11.7. The highest BCUT2D eigenvalue weighted by Gasteiger charge is 2.12. The number of hydrazone groups is 1. The van der Waals surface area contributed by atoms with Crippen LogP contribution in [0.15, 0.2) is 59.7 Å². The van der Waals surface area contributed by atoms with Crippen LogP contribution in [0, 0.1) is 0 Å². The van der Waals surface area contributed by atoms with Crippen molar-refractivity contribution in [2.24, 2.45) is 5.10 Å². The number of carbonyl (C=O) groups is 2. The van der Waals surface area contributed by atoms with Crippen molar-refractivity contribution >= 4 is 23.7 Å². The van der Waals surface area contributed by atoms with Crippen LogP contribution in [-0.2, 0) is 9.59 Å². The molecule has 0 heterocycles. The van der Waals surface area contributed by atoms with E-state index in [4.69, 9.17) is 4.74 Å². The minimum absolute atomic E-state index is 0.464. The zero-order valence-electron chi connectivity index (χ0n) is 11.9. The van der Waals surface area contributed by atoms with E-state index in [9.17, 15) is 9.59 Å². The summed E-state index contributed by atoms with van der Waals surface area (Å²) in [6.45, 7) is 0. The number of nitrogens with zero attached hydrogens (tertiary/aromatic N) is 1. The van der Waals surface area contributed by atoms with Gasteiger partial charge in [-0.1, -0.05) is 36.4 Å². The first-order valence-electron chi connectivity index (χ1n) is 6.52. The lowest BCUT2D eigenvalue weighted by atomic mass is 10.2. The molecule has 0 radical (unpaired) electrons. The van der Waals surface area contributed by atoms with Crippen molar-refractivity contribution in [1.82, 2.24) is 5.43 Å². The van der Waals surface area contributed by atoms with E-state index in [2.05, 4.69) is 15.8 Å². The summed E-state index contributed by atoms with van der Waals surface area (Å²) in [6, 6.07) is 15.9. The fraction of sp³-hybridized carbons (Fsp3) is 0.0625. The molecule has 112 valence electrons. The van der Waals surface area contributed by atoms with Gasteiger partial charge in [0.15, 0.2) is 0 Å². The largest absolute Gasteiger partial charge is 0.497 e. The van der Waals surface area contributed by atoms with Crippen LogP contribution >= 0.6 is 0 Å². The fourth-order valence-electron chi connectivity index (χ4n) is 1.64. The Balaban J connectivity index is 1.89. The van der Waals surface area contributed by atoms with Gasteiger partial charge in [-0.3, -0.25) is 9.59 Å². The predicted molar refractivity (Wildman–Crippen MR) is 83.8 cm³/mol. The molecule has 0 atom stereocenters. The Bertz CT molecular complexity index is 684. The summed E-state index contributed by atoms with van der Waals surface area (Å²) < 4.78 is 5.04. The summed E-state index contributed by atoms with van der Waals surface area (Å²) in [6.07, 6.45) is 1.46. The van der Waals surface area contributed by atoms with Gasteiger partial charge < -0.3 is 10.1 Å². The van der Waals surface area contributed by atoms with Gasteiger partial charge in [-0.05, 0) is 17.7 Å². The lowest BCUT2D eigenvalue weighted by Gasteiger charge is -2.05. The van der Waals surface area contributed by atoms with Crippen molar-refractivity contribution in [3.05, 3.63) is 60.2 Å². The summed E-state index contributed by atoms with van der Waals surface area (Å²) in [4.78, 5) is 23.3. The highest BCUT2D eigenvalue weighted by molar-refractivity contribution is 6.39. The normalized spacial score (nSPS) is 10.2. The summed E-state index contributed by atoms with van der Waals surface area (Å²) >= 11 is 0. The van der Waals surface area contributed by atoms with Gasteiger partial charge in [0, 0.05) is 11.8 Å². The number of hydrogen-bond acceptors (Lipinski definition) is 4. The molecule has 2 amide bonds. The number of rotatable bonds is 4. The van der Waals surface area contributed by atoms with Crippen molar-refractivity contribution in [2.45, 2.75) is 0 Å². The molecule has 0 bridgehead atoms. The number of benzene rings is 2. The van der Waals surface area contributed by atoms with Gasteiger partial charge in [-0.25, -0.2) is 5.43 Å². The van der Waals surface area contributed by atoms with Crippen LogP contribution < -0.4 is 15.5 Å². The monoisotopic (exact) mass is 297 g/mol.